The molecule has 1 atom stereocenters. The number of fused-ring (bicyclic) bond motifs is 1. The second-order valence-corrected chi connectivity index (χ2v) is 7.24. The fraction of sp³-hybridized carbons (Fsp3) is 0.182. The second kappa shape index (κ2) is 8.56. The molecule has 0 fully saturated rings. The zero-order valence-electron chi connectivity index (χ0n) is 16.7. The predicted octanol–water partition coefficient (Wildman–Crippen LogP) is 4.59. The lowest BCUT2D eigenvalue weighted by molar-refractivity contribution is 0.215. The number of aliphatic hydroxyl groups excluding tert-OH is 1. The Labute approximate surface area is 177 Å². The summed E-state index contributed by atoms with van der Waals surface area (Å²) in [6.07, 6.45) is 2.36. The maximum absolute atomic E-state index is 10.9. The number of pyridine rings is 1. The molecule has 2 aromatic carbocycles. The van der Waals surface area contributed by atoms with Crippen molar-refractivity contribution in [2.24, 2.45) is 0 Å². The molecule has 0 spiro atoms. The summed E-state index contributed by atoms with van der Waals surface area (Å²) in [4.78, 5) is 8.62. The Kier molecular flexibility index (Phi) is 5.69. The summed E-state index contributed by atoms with van der Waals surface area (Å²) in [5.74, 6) is 2.82. The van der Waals surface area contributed by atoms with Gasteiger partial charge in [0.1, 0.15) is 28.4 Å². The van der Waals surface area contributed by atoms with Crippen LogP contribution in [-0.4, -0.2) is 36.4 Å². The molecule has 0 saturated heterocycles. The predicted molar refractivity (Wildman–Crippen MR) is 114 cm³/mol. The molecular weight excluding hydrogens is 404 g/mol. The first-order valence-corrected chi connectivity index (χ1v) is 9.96. The number of hydrogen-bond donors (Lipinski definition) is 1. The average molecular weight is 424 g/mol. The fourth-order valence-electron chi connectivity index (χ4n) is 3.12. The quantitative estimate of drug-likeness (QED) is 0.464. The number of methoxy groups -OCH3 is 3. The summed E-state index contributed by atoms with van der Waals surface area (Å²) in [5, 5.41) is 14.0. The Morgan fingerprint density at radius 2 is 1.63 bits per heavy atom. The maximum Gasteiger partial charge on any atom is 0.162 e. The van der Waals surface area contributed by atoms with Gasteiger partial charge in [0.25, 0.3) is 0 Å². The van der Waals surface area contributed by atoms with Crippen molar-refractivity contribution in [1.29, 1.82) is 0 Å². The molecule has 4 rings (SSSR count). The van der Waals surface area contributed by atoms with Crippen LogP contribution in [0.1, 0.15) is 16.7 Å². The molecule has 1 N–H and O–H groups in total. The molecule has 4 aromatic rings. The third-order valence-electron chi connectivity index (χ3n) is 4.62. The van der Waals surface area contributed by atoms with Crippen LogP contribution in [0.3, 0.4) is 0 Å². The summed E-state index contributed by atoms with van der Waals surface area (Å²) in [7, 11) is 4.73. The molecule has 0 aliphatic rings. The number of aromatic nitrogens is 2. The molecule has 8 heteroatoms. The van der Waals surface area contributed by atoms with Crippen LogP contribution in [0.25, 0.3) is 10.9 Å². The first-order valence-electron chi connectivity index (χ1n) is 9.08. The molecule has 0 aliphatic carbocycles. The lowest BCUT2D eigenvalue weighted by Crippen LogP contribution is -2.03. The Hall–Kier alpha value is -3.36. The van der Waals surface area contributed by atoms with Gasteiger partial charge in [-0.25, -0.2) is 4.98 Å². The zero-order chi connectivity index (χ0) is 21.1. The van der Waals surface area contributed by atoms with E-state index in [9.17, 15) is 5.11 Å². The molecule has 0 bridgehead atoms. The van der Waals surface area contributed by atoms with Gasteiger partial charge in [-0.2, -0.15) is 0 Å². The lowest BCUT2D eigenvalue weighted by Gasteiger charge is -2.17. The van der Waals surface area contributed by atoms with Gasteiger partial charge in [0.15, 0.2) is 11.5 Å². The van der Waals surface area contributed by atoms with Gasteiger partial charge >= 0.3 is 0 Å². The number of hydrogen-bond acceptors (Lipinski definition) is 8. The van der Waals surface area contributed by atoms with Gasteiger partial charge in [-0.1, -0.05) is 0 Å². The summed E-state index contributed by atoms with van der Waals surface area (Å²) in [6.45, 7) is 0. The number of ether oxygens (including phenoxy) is 4. The topological polar surface area (TPSA) is 82.9 Å². The number of aliphatic hydroxyl groups is 1. The van der Waals surface area contributed by atoms with Crippen LogP contribution in [0.4, 0.5) is 0 Å². The molecule has 0 amide bonds. The molecule has 2 aromatic heterocycles. The fourth-order valence-corrected chi connectivity index (χ4v) is 3.76. The number of benzene rings is 2. The molecule has 30 heavy (non-hydrogen) atoms. The van der Waals surface area contributed by atoms with E-state index in [0.717, 1.165) is 5.39 Å². The highest BCUT2D eigenvalue weighted by Gasteiger charge is 2.20. The Morgan fingerprint density at radius 3 is 2.33 bits per heavy atom. The van der Waals surface area contributed by atoms with Crippen molar-refractivity contribution >= 4 is 22.2 Å². The monoisotopic (exact) mass is 424 g/mol. The minimum absolute atomic E-state index is 0.487. The molecular formula is C22H20N2O5S. The average Bonchev–Trinajstić information content (AvgIpc) is 3.33. The Bertz CT molecular complexity index is 1160. The Morgan fingerprint density at radius 1 is 0.833 bits per heavy atom. The van der Waals surface area contributed by atoms with Gasteiger partial charge in [-0.3, -0.25) is 4.98 Å². The third kappa shape index (κ3) is 3.74. The van der Waals surface area contributed by atoms with Gasteiger partial charge in [0, 0.05) is 34.8 Å². The minimum atomic E-state index is -0.946. The van der Waals surface area contributed by atoms with Crippen molar-refractivity contribution in [2.75, 3.05) is 21.3 Å². The van der Waals surface area contributed by atoms with Gasteiger partial charge in [-0.15, -0.1) is 11.3 Å². The van der Waals surface area contributed by atoms with E-state index < -0.39 is 6.10 Å². The minimum Gasteiger partial charge on any atom is -0.497 e. The van der Waals surface area contributed by atoms with E-state index in [1.807, 2.05) is 11.4 Å². The van der Waals surface area contributed by atoms with E-state index >= 15 is 0 Å². The van der Waals surface area contributed by atoms with E-state index in [0.29, 0.717) is 44.8 Å². The smallest absolute Gasteiger partial charge is 0.162 e. The molecule has 1 unspecified atom stereocenters. The highest BCUT2D eigenvalue weighted by molar-refractivity contribution is 7.09. The molecule has 7 nitrogen and oxygen atoms in total. The zero-order valence-corrected chi connectivity index (χ0v) is 17.5. The van der Waals surface area contributed by atoms with E-state index in [-0.39, 0.29) is 0 Å². The van der Waals surface area contributed by atoms with Crippen LogP contribution in [0.2, 0.25) is 0 Å². The highest BCUT2D eigenvalue weighted by Crippen LogP contribution is 2.40. The van der Waals surface area contributed by atoms with Crippen LogP contribution in [0, 0.1) is 0 Å². The summed E-state index contributed by atoms with van der Waals surface area (Å²) in [6, 6.07) is 10.7. The van der Waals surface area contributed by atoms with E-state index in [1.54, 1.807) is 64.1 Å². The van der Waals surface area contributed by atoms with Crippen molar-refractivity contribution in [1.82, 2.24) is 9.97 Å². The first-order chi connectivity index (χ1) is 14.6. The number of rotatable bonds is 7. The second-order valence-electron chi connectivity index (χ2n) is 6.31. The molecule has 0 aliphatic heterocycles. The van der Waals surface area contributed by atoms with E-state index in [2.05, 4.69) is 9.97 Å². The van der Waals surface area contributed by atoms with Crippen molar-refractivity contribution < 1.29 is 24.1 Å². The number of thiazole rings is 1. The van der Waals surface area contributed by atoms with Crippen molar-refractivity contribution in [2.45, 2.75) is 6.10 Å². The summed E-state index contributed by atoms with van der Waals surface area (Å²) in [5.41, 5.74) is 1.25. The Balaban J connectivity index is 1.80. The molecule has 2 heterocycles. The standard InChI is InChI=1S/C22H20N2O5S/c1-26-13-4-5-17(15(10-13)21(25)22-24-8-9-30-22)29-18-6-7-23-16-12-20(28-3)19(27-2)11-14(16)18/h4-12,21,25H,1-3H3. The van der Waals surface area contributed by atoms with E-state index in [4.69, 9.17) is 18.9 Å². The van der Waals surface area contributed by atoms with Gasteiger partial charge < -0.3 is 24.1 Å². The van der Waals surface area contributed by atoms with Crippen LogP contribution in [0.15, 0.2) is 54.2 Å². The van der Waals surface area contributed by atoms with Crippen LogP contribution in [-0.2, 0) is 0 Å². The lowest BCUT2D eigenvalue weighted by atomic mass is 10.1. The van der Waals surface area contributed by atoms with Crippen LogP contribution in [0.5, 0.6) is 28.7 Å². The van der Waals surface area contributed by atoms with Crippen molar-refractivity contribution in [3.63, 3.8) is 0 Å². The first kappa shape index (κ1) is 19.9. The molecule has 0 radical (unpaired) electrons. The normalized spacial score (nSPS) is 11.9. The van der Waals surface area contributed by atoms with Crippen molar-refractivity contribution in [3.8, 4) is 28.7 Å². The van der Waals surface area contributed by atoms with Gasteiger partial charge in [0.05, 0.1) is 26.8 Å². The molecule has 154 valence electrons. The van der Waals surface area contributed by atoms with Gasteiger partial charge in [0.2, 0.25) is 0 Å². The number of nitrogens with zero attached hydrogens (tertiary/aromatic N) is 2. The highest BCUT2D eigenvalue weighted by atomic mass is 32.1. The molecule has 0 saturated carbocycles. The van der Waals surface area contributed by atoms with E-state index in [1.165, 1.54) is 11.3 Å². The third-order valence-corrected chi connectivity index (χ3v) is 5.45. The SMILES string of the molecule is COc1ccc(Oc2ccnc3cc(OC)c(OC)cc23)c(C(O)c2nccs2)c1. The van der Waals surface area contributed by atoms with Crippen molar-refractivity contribution in [3.05, 3.63) is 64.7 Å². The van der Waals surface area contributed by atoms with Crippen LogP contribution >= 0.6 is 11.3 Å². The summed E-state index contributed by atoms with van der Waals surface area (Å²) < 4.78 is 22.3. The maximum atomic E-state index is 10.9. The van der Waals surface area contributed by atoms with Crippen LogP contribution < -0.4 is 18.9 Å². The summed E-state index contributed by atoms with van der Waals surface area (Å²) >= 11 is 1.37. The van der Waals surface area contributed by atoms with Gasteiger partial charge in [-0.05, 0) is 30.3 Å². The largest absolute Gasteiger partial charge is 0.497 e.